The average Bonchev–Trinajstić information content (AvgIpc) is 2.54. The lowest BCUT2D eigenvalue weighted by atomic mass is 10.1. The van der Waals surface area contributed by atoms with Crippen LogP contribution in [0.4, 0.5) is 0 Å². The van der Waals surface area contributed by atoms with Crippen LogP contribution in [0.3, 0.4) is 0 Å². The number of hydrogen-bond acceptors (Lipinski definition) is 3. The molecule has 1 fully saturated rings. The molecule has 0 aromatic carbocycles. The Morgan fingerprint density at radius 1 is 1.53 bits per heavy atom. The highest BCUT2D eigenvalue weighted by Gasteiger charge is 2.15. The maximum Gasteiger partial charge on any atom is 0.0575 e. The molecule has 0 saturated carbocycles. The quantitative estimate of drug-likeness (QED) is 0.863. The van der Waals surface area contributed by atoms with Gasteiger partial charge in [0, 0.05) is 25.3 Å². The van der Waals surface area contributed by atoms with Gasteiger partial charge in [-0.15, -0.1) is 0 Å². The molecule has 1 aliphatic rings. The highest BCUT2D eigenvalue weighted by Crippen LogP contribution is 2.11. The Kier molecular flexibility index (Phi) is 4.51. The van der Waals surface area contributed by atoms with Gasteiger partial charge in [0.25, 0.3) is 0 Å². The van der Waals surface area contributed by atoms with Crippen LogP contribution in [0.15, 0.2) is 18.3 Å². The van der Waals surface area contributed by atoms with E-state index in [-0.39, 0.29) is 0 Å². The zero-order chi connectivity index (χ0) is 12.1. The topological polar surface area (TPSA) is 28.2 Å². The van der Waals surface area contributed by atoms with Gasteiger partial charge in [0.2, 0.25) is 0 Å². The summed E-state index contributed by atoms with van der Waals surface area (Å²) in [6, 6.07) is 4.82. The van der Waals surface area contributed by atoms with Gasteiger partial charge in [0.15, 0.2) is 0 Å². The second-order valence-corrected chi connectivity index (χ2v) is 4.91. The molecule has 1 aliphatic heterocycles. The SMILES string of the molecule is CCc1cccnc1CN1CCCNC(C)C1. The first kappa shape index (κ1) is 12.5. The standard InChI is InChI=1S/C14H23N3/c1-3-13-6-4-7-16-14(13)11-17-9-5-8-15-12(2)10-17/h4,6-7,12,15H,3,5,8-11H2,1-2H3. The molecule has 0 radical (unpaired) electrons. The van der Waals surface area contributed by atoms with Crippen molar-refractivity contribution in [1.82, 2.24) is 15.2 Å². The van der Waals surface area contributed by atoms with Crippen LogP contribution in [0, 0.1) is 0 Å². The van der Waals surface area contributed by atoms with Crippen molar-refractivity contribution in [3.8, 4) is 0 Å². The Morgan fingerprint density at radius 2 is 2.41 bits per heavy atom. The van der Waals surface area contributed by atoms with E-state index in [0.717, 1.165) is 26.1 Å². The summed E-state index contributed by atoms with van der Waals surface area (Å²) in [6.45, 7) is 8.90. The summed E-state index contributed by atoms with van der Waals surface area (Å²) in [6.07, 6.45) is 4.22. The summed E-state index contributed by atoms with van der Waals surface area (Å²) in [7, 11) is 0. The summed E-state index contributed by atoms with van der Waals surface area (Å²) < 4.78 is 0. The largest absolute Gasteiger partial charge is 0.313 e. The van der Waals surface area contributed by atoms with Gasteiger partial charge in [0.1, 0.15) is 0 Å². The normalized spacial score (nSPS) is 22.4. The second kappa shape index (κ2) is 6.12. The van der Waals surface area contributed by atoms with E-state index in [4.69, 9.17) is 0 Å². The fraction of sp³-hybridized carbons (Fsp3) is 0.643. The predicted octanol–water partition coefficient (Wildman–Crippen LogP) is 1.83. The van der Waals surface area contributed by atoms with Crippen LogP contribution in [-0.4, -0.2) is 35.6 Å². The molecule has 3 nitrogen and oxygen atoms in total. The molecular formula is C14H23N3. The van der Waals surface area contributed by atoms with Crippen molar-refractivity contribution in [3.05, 3.63) is 29.6 Å². The zero-order valence-electron chi connectivity index (χ0n) is 10.9. The van der Waals surface area contributed by atoms with Crippen LogP contribution in [0.5, 0.6) is 0 Å². The van der Waals surface area contributed by atoms with E-state index in [1.54, 1.807) is 0 Å². The first-order valence-electron chi connectivity index (χ1n) is 6.68. The first-order valence-corrected chi connectivity index (χ1v) is 6.68. The lowest BCUT2D eigenvalue weighted by Crippen LogP contribution is -2.35. The molecule has 0 bridgehead atoms. The van der Waals surface area contributed by atoms with Gasteiger partial charge in [-0.05, 0) is 44.5 Å². The fourth-order valence-electron chi connectivity index (χ4n) is 2.49. The summed E-state index contributed by atoms with van der Waals surface area (Å²) in [4.78, 5) is 7.06. The fourth-order valence-corrected chi connectivity index (χ4v) is 2.49. The van der Waals surface area contributed by atoms with E-state index in [9.17, 15) is 0 Å². The number of nitrogens with one attached hydrogen (secondary N) is 1. The van der Waals surface area contributed by atoms with Crippen LogP contribution >= 0.6 is 0 Å². The van der Waals surface area contributed by atoms with Crippen LogP contribution in [0.2, 0.25) is 0 Å². The molecule has 3 heteroatoms. The minimum absolute atomic E-state index is 0.589. The third-order valence-electron chi connectivity index (χ3n) is 3.41. The molecule has 1 aromatic rings. The molecule has 1 saturated heterocycles. The van der Waals surface area contributed by atoms with Gasteiger partial charge < -0.3 is 5.32 Å². The van der Waals surface area contributed by atoms with Gasteiger partial charge in [-0.25, -0.2) is 0 Å². The van der Waals surface area contributed by atoms with E-state index in [2.05, 4.69) is 35.1 Å². The van der Waals surface area contributed by atoms with E-state index >= 15 is 0 Å². The number of nitrogens with zero attached hydrogens (tertiary/aromatic N) is 2. The van der Waals surface area contributed by atoms with Crippen LogP contribution in [0.25, 0.3) is 0 Å². The summed E-state index contributed by atoms with van der Waals surface area (Å²) >= 11 is 0. The van der Waals surface area contributed by atoms with E-state index in [0.29, 0.717) is 6.04 Å². The molecule has 1 unspecified atom stereocenters. The number of rotatable bonds is 3. The van der Waals surface area contributed by atoms with Crippen molar-refractivity contribution in [2.75, 3.05) is 19.6 Å². The van der Waals surface area contributed by atoms with Gasteiger partial charge in [-0.2, -0.15) is 0 Å². The van der Waals surface area contributed by atoms with E-state index in [1.165, 1.54) is 24.2 Å². The molecule has 1 atom stereocenters. The Morgan fingerprint density at radius 3 is 3.24 bits per heavy atom. The highest BCUT2D eigenvalue weighted by molar-refractivity contribution is 5.19. The Balaban J connectivity index is 2.03. The second-order valence-electron chi connectivity index (χ2n) is 4.91. The molecule has 0 spiro atoms. The maximum atomic E-state index is 4.54. The van der Waals surface area contributed by atoms with Gasteiger partial charge in [-0.3, -0.25) is 9.88 Å². The molecule has 17 heavy (non-hydrogen) atoms. The van der Waals surface area contributed by atoms with Crippen LogP contribution < -0.4 is 5.32 Å². The molecule has 1 N–H and O–H groups in total. The average molecular weight is 233 g/mol. The lowest BCUT2D eigenvalue weighted by molar-refractivity contribution is 0.261. The number of aryl methyl sites for hydroxylation is 1. The summed E-state index contributed by atoms with van der Waals surface area (Å²) in [5, 5.41) is 3.53. The van der Waals surface area contributed by atoms with Crippen molar-refractivity contribution in [2.24, 2.45) is 0 Å². The number of hydrogen-bond donors (Lipinski definition) is 1. The monoisotopic (exact) mass is 233 g/mol. The third kappa shape index (κ3) is 3.51. The third-order valence-corrected chi connectivity index (χ3v) is 3.41. The zero-order valence-corrected chi connectivity index (χ0v) is 10.9. The molecule has 0 aliphatic carbocycles. The van der Waals surface area contributed by atoms with Crippen molar-refractivity contribution >= 4 is 0 Å². The van der Waals surface area contributed by atoms with Crippen LogP contribution in [0.1, 0.15) is 31.5 Å². The van der Waals surface area contributed by atoms with E-state index < -0.39 is 0 Å². The Labute approximate surface area is 104 Å². The van der Waals surface area contributed by atoms with Gasteiger partial charge >= 0.3 is 0 Å². The summed E-state index contributed by atoms with van der Waals surface area (Å²) in [5.41, 5.74) is 2.64. The molecule has 0 amide bonds. The smallest absolute Gasteiger partial charge is 0.0575 e. The maximum absolute atomic E-state index is 4.54. The molecular weight excluding hydrogens is 210 g/mol. The van der Waals surface area contributed by atoms with E-state index in [1.807, 2.05) is 12.3 Å². The molecule has 1 aromatic heterocycles. The number of pyridine rings is 1. The molecule has 94 valence electrons. The highest BCUT2D eigenvalue weighted by atomic mass is 15.2. The molecule has 2 rings (SSSR count). The minimum Gasteiger partial charge on any atom is -0.313 e. The van der Waals surface area contributed by atoms with Crippen molar-refractivity contribution in [1.29, 1.82) is 0 Å². The van der Waals surface area contributed by atoms with Crippen LogP contribution in [-0.2, 0) is 13.0 Å². The van der Waals surface area contributed by atoms with Gasteiger partial charge in [0.05, 0.1) is 5.69 Å². The van der Waals surface area contributed by atoms with Gasteiger partial charge in [-0.1, -0.05) is 13.0 Å². The number of aromatic nitrogens is 1. The lowest BCUT2D eigenvalue weighted by Gasteiger charge is -2.22. The minimum atomic E-state index is 0.589. The Hall–Kier alpha value is -0.930. The van der Waals surface area contributed by atoms with Crippen molar-refractivity contribution in [2.45, 2.75) is 39.3 Å². The van der Waals surface area contributed by atoms with Crippen molar-refractivity contribution in [3.63, 3.8) is 0 Å². The Bertz CT molecular complexity index is 351. The summed E-state index contributed by atoms with van der Waals surface area (Å²) in [5.74, 6) is 0. The first-order chi connectivity index (χ1) is 8.29. The molecule has 2 heterocycles. The predicted molar refractivity (Wildman–Crippen MR) is 71.0 cm³/mol. The van der Waals surface area contributed by atoms with Crippen molar-refractivity contribution < 1.29 is 0 Å².